The van der Waals surface area contributed by atoms with Crippen LogP contribution in [0, 0.1) is 5.92 Å². The highest BCUT2D eigenvalue weighted by atomic mass is 16.6. The summed E-state index contributed by atoms with van der Waals surface area (Å²) in [7, 11) is 0. The Morgan fingerprint density at radius 2 is 1.93 bits per heavy atom. The second-order valence-electron chi connectivity index (χ2n) is 4.65. The summed E-state index contributed by atoms with van der Waals surface area (Å²) in [4.78, 5) is 11.6. The molecule has 0 radical (unpaired) electrons. The van der Waals surface area contributed by atoms with E-state index < -0.39 is 0 Å². The lowest BCUT2D eigenvalue weighted by Gasteiger charge is -2.17. The highest BCUT2D eigenvalue weighted by Crippen LogP contribution is 2.31. The van der Waals surface area contributed by atoms with Crippen LogP contribution in [-0.4, -0.2) is 43.4 Å². The quantitative estimate of drug-likeness (QED) is 0.616. The molecule has 0 spiro atoms. The first kappa shape index (κ1) is 9.57. The summed E-state index contributed by atoms with van der Waals surface area (Å²) in [5, 5.41) is 2.99. The molecule has 3 N–H and O–H groups in total. The molecule has 1 aliphatic carbocycles. The first-order chi connectivity index (χ1) is 7.25. The lowest BCUT2D eigenvalue weighted by Crippen LogP contribution is -2.45. The van der Waals surface area contributed by atoms with Gasteiger partial charge in [-0.2, -0.15) is 0 Å². The van der Waals surface area contributed by atoms with E-state index in [9.17, 15) is 4.79 Å². The van der Waals surface area contributed by atoms with Crippen molar-refractivity contribution < 1.29 is 14.3 Å². The molecule has 3 aliphatic rings. The summed E-state index contributed by atoms with van der Waals surface area (Å²) >= 11 is 0. The zero-order valence-corrected chi connectivity index (χ0v) is 8.52. The minimum absolute atomic E-state index is 0.00310. The molecule has 5 heteroatoms. The second kappa shape index (κ2) is 3.43. The molecular weight excluding hydrogens is 196 g/mol. The number of nitrogens with two attached hydrogens (primary N) is 1. The van der Waals surface area contributed by atoms with Crippen LogP contribution < -0.4 is 11.1 Å². The Bertz CT molecular complexity index is 280. The van der Waals surface area contributed by atoms with Gasteiger partial charge in [0.05, 0.1) is 25.3 Å². The van der Waals surface area contributed by atoms with Crippen LogP contribution in [0.4, 0.5) is 0 Å². The Labute approximate surface area is 88.3 Å². The number of amides is 1. The molecule has 2 heterocycles. The molecule has 1 saturated carbocycles. The highest BCUT2D eigenvalue weighted by molar-refractivity contribution is 5.81. The molecule has 15 heavy (non-hydrogen) atoms. The van der Waals surface area contributed by atoms with Crippen LogP contribution >= 0.6 is 0 Å². The molecule has 2 saturated heterocycles. The molecule has 4 atom stereocenters. The number of hydrogen-bond donors (Lipinski definition) is 2. The maximum absolute atomic E-state index is 11.6. The number of carbonyl (C=O) groups is 1. The monoisotopic (exact) mass is 212 g/mol. The van der Waals surface area contributed by atoms with Crippen molar-refractivity contribution in [3.63, 3.8) is 0 Å². The van der Waals surface area contributed by atoms with Crippen LogP contribution in [0.1, 0.15) is 12.8 Å². The van der Waals surface area contributed by atoms with Gasteiger partial charge in [0.15, 0.2) is 0 Å². The van der Waals surface area contributed by atoms with Crippen molar-refractivity contribution in [3.05, 3.63) is 0 Å². The SMILES string of the molecule is NC1COC2C(NC(=O)C3CC3)COC12. The molecule has 1 amide bonds. The number of hydrogen-bond acceptors (Lipinski definition) is 4. The van der Waals surface area contributed by atoms with Crippen molar-refractivity contribution in [1.29, 1.82) is 0 Å². The third kappa shape index (κ3) is 1.64. The standard InChI is InChI=1S/C10H16N2O3/c11-6-3-14-9-7(4-15-8(6)9)12-10(13)5-1-2-5/h5-9H,1-4,11H2,(H,12,13). The zero-order valence-electron chi connectivity index (χ0n) is 8.52. The fraction of sp³-hybridized carbons (Fsp3) is 0.900. The largest absolute Gasteiger partial charge is 0.371 e. The van der Waals surface area contributed by atoms with Gasteiger partial charge in [-0.3, -0.25) is 4.79 Å². The molecule has 84 valence electrons. The second-order valence-corrected chi connectivity index (χ2v) is 4.65. The Balaban J connectivity index is 1.60. The van der Waals surface area contributed by atoms with E-state index in [1.54, 1.807) is 0 Å². The third-order valence-electron chi connectivity index (χ3n) is 3.37. The van der Waals surface area contributed by atoms with Gasteiger partial charge in [0.2, 0.25) is 5.91 Å². The summed E-state index contributed by atoms with van der Waals surface area (Å²) < 4.78 is 11.1. The Morgan fingerprint density at radius 1 is 1.20 bits per heavy atom. The van der Waals surface area contributed by atoms with Gasteiger partial charge in [0.1, 0.15) is 12.2 Å². The third-order valence-corrected chi connectivity index (χ3v) is 3.37. The van der Waals surface area contributed by atoms with Crippen molar-refractivity contribution in [2.75, 3.05) is 13.2 Å². The van der Waals surface area contributed by atoms with E-state index in [0.717, 1.165) is 12.8 Å². The minimum Gasteiger partial charge on any atom is -0.371 e. The van der Waals surface area contributed by atoms with Gasteiger partial charge in [-0.1, -0.05) is 0 Å². The van der Waals surface area contributed by atoms with Crippen LogP contribution in [0.25, 0.3) is 0 Å². The predicted molar refractivity (Wildman–Crippen MR) is 52.1 cm³/mol. The number of nitrogens with one attached hydrogen (secondary N) is 1. The summed E-state index contributed by atoms with van der Waals surface area (Å²) in [6.45, 7) is 1.06. The maximum atomic E-state index is 11.6. The van der Waals surface area contributed by atoms with E-state index >= 15 is 0 Å². The lowest BCUT2D eigenvalue weighted by molar-refractivity contribution is -0.123. The molecule has 0 aromatic rings. The van der Waals surface area contributed by atoms with Gasteiger partial charge >= 0.3 is 0 Å². The Morgan fingerprint density at radius 3 is 2.67 bits per heavy atom. The molecule has 0 aromatic carbocycles. The molecule has 4 unspecified atom stereocenters. The van der Waals surface area contributed by atoms with Crippen molar-refractivity contribution >= 4 is 5.91 Å². The van der Waals surface area contributed by atoms with Crippen LogP contribution in [0.2, 0.25) is 0 Å². The van der Waals surface area contributed by atoms with Gasteiger partial charge in [-0.05, 0) is 12.8 Å². The molecule has 3 rings (SSSR count). The van der Waals surface area contributed by atoms with E-state index in [-0.39, 0.29) is 36.1 Å². The average Bonchev–Trinajstić information content (AvgIpc) is 2.90. The number of carbonyl (C=O) groups excluding carboxylic acids is 1. The smallest absolute Gasteiger partial charge is 0.223 e. The van der Waals surface area contributed by atoms with Gasteiger partial charge in [0, 0.05) is 5.92 Å². The molecule has 0 aromatic heterocycles. The van der Waals surface area contributed by atoms with Crippen molar-refractivity contribution in [3.8, 4) is 0 Å². The summed E-state index contributed by atoms with van der Waals surface area (Å²) in [5.74, 6) is 0.382. The van der Waals surface area contributed by atoms with Gasteiger partial charge < -0.3 is 20.5 Å². The lowest BCUT2D eigenvalue weighted by atomic mass is 10.1. The first-order valence-corrected chi connectivity index (χ1v) is 5.55. The van der Waals surface area contributed by atoms with Crippen molar-refractivity contribution in [2.45, 2.75) is 37.1 Å². The highest BCUT2D eigenvalue weighted by Gasteiger charge is 2.47. The molecule has 3 fully saturated rings. The van der Waals surface area contributed by atoms with Crippen LogP contribution in [0.5, 0.6) is 0 Å². The van der Waals surface area contributed by atoms with Crippen molar-refractivity contribution in [1.82, 2.24) is 5.32 Å². The summed E-state index contributed by atoms with van der Waals surface area (Å²) in [6.07, 6.45) is 1.97. The molecule has 5 nitrogen and oxygen atoms in total. The zero-order chi connectivity index (χ0) is 10.4. The molecular formula is C10H16N2O3. The van der Waals surface area contributed by atoms with Gasteiger partial charge in [-0.15, -0.1) is 0 Å². The van der Waals surface area contributed by atoms with Crippen molar-refractivity contribution in [2.24, 2.45) is 11.7 Å². The molecule has 0 bridgehead atoms. The predicted octanol–water partition coefficient (Wildman–Crippen LogP) is -0.994. The average molecular weight is 212 g/mol. The van der Waals surface area contributed by atoms with Crippen LogP contribution in [-0.2, 0) is 14.3 Å². The van der Waals surface area contributed by atoms with Gasteiger partial charge in [0.25, 0.3) is 0 Å². The normalized spacial score (nSPS) is 44.1. The fourth-order valence-corrected chi connectivity index (χ4v) is 2.30. The maximum Gasteiger partial charge on any atom is 0.223 e. The first-order valence-electron chi connectivity index (χ1n) is 5.55. The van der Waals surface area contributed by atoms with Crippen LogP contribution in [0.3, 0.4) is 0 Å². The summed E-state index contributed by atoms with van der Waals surface area (Å²) in [5.41, 5.74) is 5.82. The minimum atomic E-state index is -0.0437. The Kier molecular flexibility index (Phi) is 2.19. The van der Waals surface area contributed by atoms with E-state index in [1.165, 1.54) is 0 Å². The van der Waals surface area contributed by atoms with Gasteiger partial charge in [-0.25, -0.2) is 0 Å². The van der Waals surface area contributed by atoms with E-state index in [2.05, 4.69) is 5.32 Å². The Hall–Kier alpha value is -0.650. The summed E-state index contributed by atoms with van der Waals surface area (Å²) in [6, 6.07) is -0.0468. The molecule has 2 aliphatic heterocycles. The topological polar surface area (TPSA) is 73.6 Å². The van der Waals surface area contributed by atoms with E-state index in [1.807, 2.05) is 0 Å². The fourth-order valence-electron chi connectivity index (χ4n) is 2.30. The van der Waals surface area contributed by atoms with E-state index in [0.29, 0.717) is 13.2 Å². The van der Waals surface area contributed by atoms with E-state index in [4.69, 9.17) is 15.2 Å². The number of ether oxygens (including phenoxy) is 2. The van der Waals surface area contributed by atoms with Crippen LogP contribution in [0.15, 0.2) is 0 Å². The number of fused-ring (bicyclic) bond motifs is 1. The number of rotatable bonds is 2.